The van der Waals surface area contributed by atoms with Gasteiger partial charge in [0.25, 0.3) is 5.91 Å². The molecule has 1 aromatic rings. The number of nitrogens with one attached hydrogen (secondary N) is 1. The summed E-state index contributed by atoms with van der Waals surface area (Å²) < 4.78 is 5.11. The first-order chi connectivity index (χ1) is 8.60. The fourth-order valence-corrected chi connectivity index (χ4v) is 1.76. The van der Waals surface area contributed by atoms with Crippen molar-refractivity contribution in [2.75, 3.05) is 20.2 Å². The molecular weight excluding hydrogens is 275 g/mol. The number of benzene rings is 1. The smallest absolute Gasteiger partial charge is 0.255 e. The number of carbonyl (C=O) groups is 1. The van der Waals surface area contributed by atoms with Gasteiger partial charge in [0.15, 0.2) is 0 Å². The van der Waals surface area contributed by atoms with Crippen LogP contribution in [0.2, 0.25) is 10.0 Å². The van der Waals surface area contributed by atoms with Crippen molar-refractivity contribution in [3.05, 3.63) is 27.7 Å². The molecule has 100 valence electrons. The maximum atomic E-state index is 11.9. The standard InChI is InChI=1S/C12H16Cl2N2O2/c1-18-11-7-10(14)9(13)6-8(11)12(17)16-5-3-2-4-15/h6-7H,2-5,15H2,1H3,(H,16,17). The van der Waals surface area contributed by atoms with Crippen LogP contribution in [0.4, 0.5) is 0 Å². The molecule has 0 saturated carbocycles. The maximum absolute atomic E-state index is 11.9. The minimum atomic E-state index is -0.234. The second-order valence-electron chi connectivity index (χ2n) is 3.72. The highest BCUT2D eigenvalue weighted by Gasteiger charge is 2.14. The highest BCUT2D eigenvalue weighted by molar-refractivity contribution is 6.42. The lowest BCUT2D eigenvalue weighted by atomic mass is 10.2. The van der Waals surface area contributed by atoms with Crippen molar-refractivity contribution in [1.82, 2.24) is 5.32 Å². The number of methoxy groups -OCH3 is 1. The normalized spacial score (nSPS) is 10.2. The number of carbonyl (C=O) groups excluding carboxylic acids is 1. The van der Waals surface area contributed by atoms with Crippen molar-refractivity contribution >= 4 is 29.1 Å². The van der Waals surface area contributed by atoms with Gasteiger partial charge in [0.2, 0.25) is 0 Å². The van der Waals surface area contributed by atoms with E-state index in [0.29, 0.717) is 34.4 Å². The molecule has 4 nitrogen and oxygen atoms in total. The third kappa shape index (κ3) is 4.05. The third-order valence-corrected chi connectivity index (χ3v) is 3.13. The van der Waals surface area contributed by atoms with E-state index in [1.807, 2.05) is 0 Å². The highest BCUT2D eigenvalue weighted by Crippen LogP contribution is 2.30. The summed E-state index contributed by atoms with van der Waals surface area (Å²) >= 11 is 11.7. The van der Waals surface area contributed by atoms with Crippen LogP contribution in [0.3, 0.4) is 0 Å². The summed E-state index contributed by atoms with van der Waals surface area (Å²) in [6, 6.07) is 3.03. The van der Waals surface area contributed by atoms with Gasteiger partial charge in [-0.05, 0) is 25.5 Å². The predicted octanol–water partition coefficient (Wildman–Crippen LogP) is 2.47. The molecule has 18 heavy (non-hydrogen) atoms. The molecule has 1 aromatic carbocycles. The Bertz CT molecular complexity index is 425. The molecule has 0 aliphatic heterocycles. The van der Waals surface area contributed by atoms with E-state index < -0.39 is 0 Å². The molecule has 0 spiro atoms. The number of hydrogen-bond donors (Lipinski definition) is 2. The molecule has 0 aliphatic rings. The van der Waals surface area contributed by atoms with Gasteiger partial charge in [-0.25, -0.2) is 0 Å². The quantitative estimate of drug-likeness (QED) is 0.791. The molecular formula is C12H16Cl2N2O2. The van der Waals surface area contributed by atoms with Crippen LogP contribution < -0.4 is 15.8 Å². The summed E-state index contributed by atoms with van der Waals surface area (Å²) in [5, 5.41) is 3.46. The fraction of sp³-hybridized carbons (Fsp3) is 0.417. The summed E-state index contributed by atoms with van der Waals surface area (Å²) in [6.07, 6.45) is 1.71. The molecule has 1 amide bonds. The molecule has 0 heterocycles. The summed E-state index contributed by atoms with van der Waals surface area (Å²) in [5.41, 5.74) is 5.75. The number of halogens is 2. The Morgan fingerprint density at radius 1 is 1.33 bits per heavy atom. The lowest BCUT2D eigenvalue weighted by Gasteiger charge is -2.10. The lowest BCUT2D eigenvalue weighted by Crippen LogP contribution is -2.25. The van der Waals surface area contributed by atoms with Crippen molar-refractivity contribution < 1.29 is 9.53 Å². The number of nitrogens with two attached hydrogens (primary N) is 1. The van der Waals surface area contributed by atoms with Gasteiger partial charge < -0.3 is 15.8 Å². The minimum absolute atomic E-state index is 0.234. The van der Waals surface area contributed by atoms with E-state index in [1.165, 1.54) is 19.2 Å². The van der Waals surface area contributed by atoms with Crippen LogP contribution in [0.5, 0.6) is 5.75 Å². The zero-order valence-corrected chi connectivity index (χ0v) is 11.6. The summed E-state index contributed by atoms with van der Waals surface area (Å²) in [6.45, 7) is 1.19. The van der Waals surface area contributed by atoms with Crippen molar-refractivity contribution in [3.63, 3.8) is 0 Å². The Morgan fingerprint density at radius 2 is 2.00 bits per heavy atom. The number of amides is 1. The van der Waals surface area contributed by atoms with Crippen LogP contribution >= 0.6 is 23.2 Å². The molecule has 0 atom stereocenters. The van der Waals surface area contributed by atoms with Gasteiger partial charge in [0.1, 0.15) is 5.75 Å². The fourth-order valence-electron chi connectivity index (χ4n) is 1.44. The zero-order chi connectivity index (χ0) is 13.5. The van der Waals surface area contributed by atoms with Gasteiger partial charge in [0, 0.05) is 12.6 Å². The van der Waals surface area contributed by atoms with E-state index in [0.717, 1.165) is 12.8 Å². The predicted molar refractivity (Wildman–Crippen MR) is 73.6 cm³/mol. The van der Waals surface area contributed by atoms with Crippen LogP contribution in [0.15, 0.2) is 12.1 Å². The van der Waals surface area contributed by atoms with Crippen LogP contribution in [0, 0.1) is 0 Å². The number of unbranched alkanes of at least 4 members (excludes halogenated alkanes) is 1. The monoisotopic (exact) mass is 290 g/mol. The van der Waals surface area contributed by atoms with Gasteiger partial charge in [-0.1, -0.05) is 23.2 Å². The summed E-state index contributed by atoms with van der Waals surface area (Å²) in [5.74, 6) is 0.170. The number of ether oxygens (including phenoxy) is 1. The van der Waals surface area contributed by atoms with E-state index in [9.17, 15) is 4.79 Å². The Kier molecular flexibility index (Phi) is 6.25. The van der Waals surface area contributed by atoms with Crippen molar-refractivity contribution in [2.24, 2.45) is 5.73 Å². The number of hydrogen-bond acceptors (Lipinski definition) is 3. The van der Waals surface area contributed by atoms with Gasteiger partial charge in [-0.15, -0.1) is 0 Å². The SMILES string of the molecule is COc1cc(Cl)c(Cl)cc1C(=O)NCCCCN. The van der Waals surface area contributed by atoms with Crippen molar-refractivity contribution in [2.45, 2.75) is 12.8 Å². The molecule has 3 N–H and O–H groups in total. The molecule has 0 aromatic heterocycles. The molecule has 0 bridgehead atoms. The lowest BCUT2D eigenvalue weighted by molar-refractivity contribution is 0.0950. The van der Waals surface area contributed by atoms with Crippen LogP contribution in [-0.2, 0) is 0 Å². The van der Waals surface area contributed by atoms with Crippen molar-refractivity contribution in [1.29, 1.82) is 0 Å². The van der Waals surface area contributed by atoms with E-state index in [1.54, 1.807) is 0 Å². The molecule has 0 saturated heterocycles. The largest absolute Gasteiger partial charge is 0.496 e. The third-order valence-electron chi connectivity index (χ3n) is 2.40. The molecule has 0 unspecified atom stereocenters. The van der Waals surface area contributed by atoms with E-state index in [2.05, 4.69) is 5.32 Å². The highest BCUT2D eigenvalue weighted by atomic mass is 35.5. The molecule has 6 heteroatoms. The Labute approximate surface area is 116 Å². The van der Waals surface area contributed by atoms with E-state index in [4.69, 9.17) is 33.7 Å². The Hall–Kier alpha value is -0.970. The average molecular weight is 291 g/mol. The number of rotatable bonds is 6. The second kappa shape index (κ2) is 7.46. The van der Waals surface area contributed by atoms with Gasteiger partial charge in [-0.3, -0.25) is 4.79 Å². The Morgan fingerprint density at radius 3 is 2.61 bits per heavy atom. The first kappa shape index (κ1) is 15.1. The summed E-state index contributed by atoms with van der Waals surface area (Å²) in [4.78, 5) is 11.9. The first-order valence-electron chi connectivity index (χ1n) is 5.61. The molecule has 1 rings (SSSR count). The first-order valence-corrected chi connectivity index (χ1v) is 6.37. The van der Waals surface area contributed by atoms with Crippen molar-refractivity contribution in [3.8, 4) is 5.75 Å². The van der Waals surface area contributed by atoms with Gasteiger partial charge in [0.05, 0.1) is 22.7 Å². The van der Waals surface area contributed by atoms with Crippen LogP contribution in [0.1, 0.15) is 23.2 Å². The molecule has 0 aliphatic carbocycles. The molecule has 0 fully saturated rings. The maximum Gasteiger partial charge on any atom is 0.255 e. The topological polar surface area (TPSA) is 64.3 Å². The Balaban J connectivity index is 2.75. The minimum Gasteiger partial charge on any atom is -0.496 e. The zero-order valence-electron chi connectivity index (χ0n) is 10.1. The molecule has 0 radical (unpaired) electrons. The van der Waals surface area contributed by atoms with Crippen LogP contribution in [0.25, 0.3) is 0 Å². The van der Waals surface area contributed by atoms with Gasteiger partial charge in [-0.2, -0.15) is 0 Å². The second-order valence-corrected chi connectivity index (χ2v) is 4.53. The summed E-state index contributed by atoms with van der Waals surface area (Å²) in [7, 11) is 1.48. The van der Waals surface area contributed by atoms with E-state index in [-0.39, 0.29) is 5.91 Å². The van der Waals surface area contributed by atoms with E-state index >= 15 is 0 Å². The average Bonchev–Trinajstić information content (AvgIpc) is 2.37. The van der Waals surface area contributed by atoms with Gasteiger partial charge >= 0.3 is 0 Å². The van der Waals surface area contributed by atoms with Crippen LogP contribution in [-0.4, -0.2) is 26.1 Å².